The van der Waals surface area contributed by atoms with Gasteiger partial charge in [-0.05, 0) is 19.1 Å². The standard InChI is InChI=1S/C14H13F3O6.Li.H/c1-3-22-13(20)12(19)7-11(18)8-4-9(21-2)6-10(5-8)23-14(15,16)17;;/h4-7,18H,3H2,1-2H3;;/q;+1;-1. The van der Waals surface area contributed by atoms with E-state index in [1.54, 1.807) is 0 Å². The zero-order chi connectivity index (χ0) is 17.6. The fourth-order valence-electron chi connectivity index (χ4n) is 1.50. The van der Waals surface area contributed by atoms with Gasteiger partial charge in [-0.25, -0.2) is 4.79 Å². The normalized spacial score (nSPS) is 11.3. The van der Waals surface area contributed by atoms with Crippen LogP contribution in [0.25, 0.3) is 5.76 Å². The molecule has 0 aliphatic carbocycles. The fourth-order valence-corrected chi connectivity index (χ4v) is 1.50. The molecule has 128 valence electrons. The maximum absolute atomic E-state index is 12.3. The molecule has 1 rings (SSSR count). The van der Waals surface area contributed by atoms with Gasteiger partial charge in [-0.15, -0.1) is 13.2 Å². The smallest absolute Gasteiger partial charge is 1.00 e. The molecule has 0 saturated heterocycles. The summed E-state index contributed by atoms with van der Waals surface area (Å²) in [5, 5.41) is 9.79. The maximum Gasteiger partial charge on any atom is 1.00 e. The Morgan fingerprint density at radius 2 is 1.83 bits per heavy atom. The number of methoxy groups -OCH3 is 1. The van der Waals surface area contributed by atoms with Gasteiger partial charge < -0.3 is 20.7 Å². The number of aliphatic hydroxyl groups is 1. The summed E-state index contributed by atoms with van der Waals surface area (Å²) in [6.07, 6.45) is -4.41. The van der Waals surface area contributed by atoms with Crippen LogP contribution in [0.3, 0.4) is 0 Å². The first-order valence-electron chi connectivity index (χ1n) is 6.23. The van der Waals surface area contributed by atoms with Crippen molar-refractivity contribution in [1.29, 1.82) is 0 Å². The molecule has 0 saturated carbocycles. The van der Waals surface area contributed by atoms with E-state index >= 15 is 0 Å². The summed E-state index contributed by atoms with van der Waals surface area (Å²) in [5.41, 5.74) is -0.207. The Morgan fingerprint density at radius 1 is 1.25 bits per heavy atom. The van der Waals surface area contributed by atoms with Crippen molar-refractivity contribution >= 4 is 17.5 Å². The summed E-state index contributed by atoms with van der Waals surface area (Å²) < 4.78 is 49.7. The first kappa shape index (κ1) is 21.9. The van der Waals surface area contributed by atoms with Crippen LogP contribution in [0.4, 0.5) is 13.2 Å². The maximum atomic E-state index is 12.3. The third-order valence-electron chi connectivity index (χ3n) is 2.39. The second-order valence-corrected chi connectivity index (χ2v) is 4.06. The van der Waals surface area contributed by atoms with E-state index in [2.05, 4.69) is 9.47 Å². The number of benzene rings is 1. The minimum Gasteiger partial charge on any atom is -1.00 e. The molecule has 1 aromatic rings. The quantitative estimate of drug-likeness (QED) is 0.252. The van der Waals surface area contributed by atoms with Crippen LogP contribution in [0.5, 0.6) is 11.5 Å². The minimum atomic E-state index is -4.94. The van der Waals surface area contributed by atoms with Gasteiger partial charge in [-0.3, -0.25) is 4.79 Å². The van der Waals surface area contributed by atoms with Gasteiger partial charge in [0.05, 0.1) is 13.7 Å². The van der Waals surface area contributed by atoms with Gasteiger partial charge in [0, 0.05) is 17.7 Å². The fraction of sp³-hybridized carbons (Fsp3) is 0.286. The minimum absolute atomic E-state index is 0. The number of ketones is 1. The molecule has 0 unspecified atom stereocenters. The van der Waals surface area contributed by atoms with E-state index in [1.165, 1.54) is 14.0 Å². The van der Waals surface area contributed by atoms with Crippen molar-refractivity contribution in [3.05, 3.63) is 29.8 Å². The number of rotatable bonds is 6. The second-order valence-electron chi connectivity index (χ2n) is 4.06. The van der Waals surface area contributed by atoms with E-state index in [4.69, 9.17) is 4.74 Å². The number of aliphatic hydroxyl groups excluding tert-OH is 1. The summed E-state index contributed by atoms with van der Waals surface area (Å²) in [5.74, 6) is -3.81. The summed E-state index contributed by atoms with van der Waals surface area (Å²) in [6, 6.07) is 2.94. The molecule has 1 aromatic carbocycles. The molecule has 6 nitrogen and oxygen atoms in total. The number of alkyl halides is 3. The largest absolute Gasteiger partial charge is 1.00 e. The van der Waals surface area contributed by atoms with Crippen molar-refractivity contribution < 1.29 is 62.4 Å². The summed E-state index contributed by atoms with van der Waals surface area (Å²) in [7, 11) is 1.20. The first-order valence-corrected chi connectivity index (χ1v) is 6.23. The Bertz CT molecular complexity index is 633. The van der Waals surface area contributed by atoms with Crippen LogP contribution in [-0.4, -0.2) is 36.9 Å². The van der Waals surface area contributed by atoms with Gasteiger partial charge in [-0.2, -0.15) is 0 Å². The molecule has 24 heavy (non-hydrogen) atoms. The zero-order valence-electron chi connectivity index (χ0n) is 14.1. The molecular formula is C14H14F3LiO6. The van der Waals surface area contributed by atoms with Gasteiger partial charge in [0.15, 0.2) is 0 Å². The Morgan fingerprint density at radius 3 is 2.33 bits per heavy atom. The SMILES string of the molecule is CCOC(=O)C(=O)C=C(O)c1cc(OC)cc(OC(F)(F)F)c1.[H-].[Li+]. The Kier molecular flexibility index (Phi) is 8.43. The summed E-state index contributed by atoms with van der Waals surface area (Å²) >= 11 is 0. The number of hydrogen-bond acceptors (Lipinski definition) is 6. The van der Waals surface area contributed by atoms with E-state index in [9.17, 15) is 27.9 Å². The van der Waals surface area contributed by atoms with Crippen molar-refractivity contribution in [3.63, 3.8) is 0 Å². The third-order valence-corrected chi connectivity index (χ3v) is 2.39. The predicted molar refractivity (Wildman–Crippen MR) is 73.0 cm³/mol. The Labute approximate surface area is 148 Å². The van der Waals surface area contributed by atoms with Crippen molar-refractivity contribution in [1.82, 2.24) is 0 Å². The number of esters is 1. The molecule has 10 heteroatoms. The number of carbonyl (C=O) groups excluding carboxylic acids is 2. The first-order chi connectivity index (χ1) is 10.7. The average Bonchev–Trinajstić information content (AvgIpc) is 2.45. The molecule has 0 fully saturated rings. The molecule has 1 N–H and O–H groups in total. The van der Waals surface area contributed by atoms with E-state index in [-0.39, 0.29) is 38.2 Å². The number of carbonyl (C=O) groups is 2. The molecule has 0 aromatic heterocycles. The van der Waals surface area contributed by atoms with Crippen LogP contribution in [0, 0.1) is 0 Å². The number of ether oxygens (including phenoxy) is 3. The average molecular weight is 342 g/mol. The van der Waals surface area contributed by atoms with Gasteiger partial charge >= 0.3 is 31.2 Å². The molecule has 0 bridgehead atoms. The van der Waals surface area contributed by atoms with E-state index in [0.29, 0.717) is 6.08 Å². The van der Waals surface area contributed by atoms with Crippen LogP contribution in [0.1, 0.15) is 13.9 Å². The number of halogens is 3. The third kappa shape index (κ3) is 6.98. The van der Waals surface area contributed by atoms with Gasteiger partial charge in [0.2, 0.25) is 0 Å². The van der Waals surface area contributed by atoms with Gasteiger partial charge in [0.1, 0.15) is 17.3 Å². The van der Waals surface area contributed by atoms with Crippen LogP contribution in [0.2, 0.25) is 0 Å². The van der Waals surface area contributed by atoms with Crippen LogP contribution in [-0.2, 0) is 14.3 Å². The molecule has 0 aliphatic heterocycles. The zero-order valence-corrected chi connectivity index (χ0v) is 13.1. The summed E-state index contributed by atoms with van der Waals surface area (Å²) in [4.78, 5) is 22.6. The second kappa shape index (κ2) is 9.25. The van der Waals surface area contributed by atoms with Gasteiger partial charge in [-0.1, -0.05) is 0 Å². The predicted octanol–water partition coefficient (Wildman–Crippen LogP) is -0.259. The van der Waals surface area contributed by atoms with Crippen molar-refractivity contribution in [2.24, 2.45) is 0 Å². The van der Waals surface area contributed by atoms with E-state index < -0.39 is 29.6 Å². The molecule has 0 heterocycles. The molecular weight excluding hydrogens is 328 g/mol. The Hall–Kier alpha value is -2.11. The molecule has 0 atom stereocenters. The van der Waals surface area contributed by atoms with Crippen LogP contribution in [0.15, 0.2) is 24.3 Å². The molecule has 0 spiro atoms. The number of hydrogen-bond donors (Lipinski definition) is 1. The molecule has 0 amide bonds. The Balaban J connectivity index is 0. The summed E-state index contributed by atoms with van der Waals surface area (Å²) in [6.45, 7) is 1.44. The van der Waals surface area contributed by atoms with E-state index in [1.807, 2.05) is 0 Å². The molecule has 0 radical (unpaired) electrons. The molecule has 0 aliphatic rings. The monoisotopic (exact) mass is 342 g/mol. The van der Waals surface area contributed by atoms with Crippen molar-refractivity contribution in [2.45, 2.75) is 13.3 Å². The van der Waals surface area contributed by atoms with Crippen molar-refractivity contribution in [3.8, 4) is 11.5 Å². The van der Waals surface area contributed by atoms with Crippen molar-refractivity contribution in [2.75, 3.05) is 13.7 Å². The van der Waals surface area contributed by atoms with Gasteiger partial charge in [0.25, 0.3) is 5.78 Å². The topological polar surface area (TPSA) is 82.1 Å². The van der Waals surface area contributed by atoms with Crippen LogP contribution >= 0.6 is 0 Å². The van der Waals surface area contributed by atoms with E-state index in [0.717, 1.165) is 18.2 Å². The van der Waals surface area contributed by atoms with Crippen LogP contribution < -0.4 is 28.3 Å².